The molecule has 3 aliphatic rings. The second-order valence-corrected chi connectivity index (χ2v) is 12.8. The maximum absolute atomic E-state index is 12.6. The van der Waals surface area contributed by atoms with Gasteiger partial charge in [-0.1, -0.05) is 57.2 Å². The molecule has 0 radical (unpaired) electrons. The number of carboxylic acid groups (broad SMARTS) is 1. The first-order chi connectivity index (χ1) is 20.2. The zero-order chi connectivity index (χ0) is 29.2. The number of benzene rings is 2. The van der Waals surface area contributed by atoms with Crippen LogP contribution in [0.25, 0.3) is 28.0 Å². The molecular weight excluding hydrogens is 530 g/mol. The van der Waals surface area contributed by atoms with E-state index in [1.54, 1.807) is 6.20 Å². The Morgan fingerprint density at radius 2 is 1.79 bits per heavy atom. The van der Waals surface area contributed by atoms with Crippen LogP contribution >= 0.6 is 0 Å². The van der Waals surface area contributed by atoms with Crippen LogP contribution in [0.2, 0.25) is 0 Å². The Morgan fingerprint density at radius 1 is 1.00 bits per heavy atom. The van der Waals surface area contributed by atoms with Crippen LogP contribution in [0.15, 0.2) is 54.7 Å². The lowest BCUT2D eigenvalue weighted by atomic mass is 9.85. The molecule has 4 aromatic rings. The van der Waals surface area contributed by atoms with Gasteiger partial charge in [-0.3, -0.25) is 14.3 Å². The predicted octanol–water partition coefficient (Wildman–Crippen LogP) is 5.49. The quantitative estimate of drug-likeness (QED) is 0.329. The van der Waals surface area contributed by atoms with Gasteiger partial charge in [0, 0.05) is 36.8 Å². The molecule has 7 rings (SSSR count). The summed E-state index contributed by atoms with van der Waals surface area (Å²) in [5.41, 5.74) is 2.13. The summed E-state index contributed by atoms with van der Waals surface area (Å²) in [5, 5.41) is 15.8. The lowest BCUT2D eigenvalue weighted by molar-refractivity contribution is -0.131. The minimum atomic E-state index is -0.969. The largest absolute Gasteiger partial charge is 0.465 e. The van der Waals surface area contributed by atoms with Gasteiger partial charge in [-0.2, -0.15) is 4.98 Å². The molecule has 216 valence electrons. The second-order valence-electron chi connectivity index (χ2n) is 12.8. The van der Waals surface area contributed by atoms with Gasteiger partial charge in [0.05, 0.1) is 24.0 Å². The first-order valence-electron chi connectivity index (χ1n) is 14.7. The Bertz CT molecular complexity index is 1700. The fourth-order valence-electron chi connectivity index (χ4n) is 6.46. The summed E-state index contributed by atoms with van der Waals surface area (Å²) < 4.78 is 1.99. The molecule has 1 saturated carbocycles. The summed E-state index contributed by atoms with van der Waals surface area (Å²) in [5.74, 6) is 2.29. The van der Waals surface area contributed by atoms with Gasteiger partial charge in [0.15, 0.2) is 0 Å². The number of hydrogen-bond acceptors (Lipinski definition) is 6. The summed E-state index contributed by atoms with van der Waals surface area (Å²) in [6, 6.07) is 16.0. The van der Waals surface area contributed by atoms with E-state index >= 15 is 0 Å². The van der Waals surface area contributed by atoms with Gasteiger partial charge in [-0.25, -0.2) is 14.8 Å². The number of likely N-dealkylation sites (tertiary alicyclic amines) is 1. The van der Waals surface area contributed by atoms with E-state index in [4.69, 9.17) is 9.97 Å². The zero-order valence-corrected chi connectivity index (χ0v) is 24.1. The molecule has 1 aliphatic carbocycles. The highest BCUT2D eigenvalue weighted by Gasteiger charge is 2.45. The Labute approximate surface area is 244 Å². The van der Waals surface area contributed by atoms with Crippen molar-refractivity contribution in [2.45, 2.75) is 58.7 Å². The summed E-state index contributed by atoms with van der Waals surface area (Å²) in [7, 11) is 0. The van der Waals surface area contributed by atoms with Crippen molar-refractivity contribution in [2.24, 2.45) is 11.3 Å². The number of hydrogen-bond donors (Lipinski definition) is 2. The van der Waals surface area contributed by atoms with Crippen LogP contribution < -0.4 is 5.32 Å². The lowest BCUT2D eigenvalue weighted by Gasteiger charge is -2.33. The first-order valence-corrected chi connectivity index (χ1v) is 14.7. The van der Waals surface area contributed by atoms with E-state index in [0.29, 0.717) is 18.3 Å². The molecule has 42 heavy (non-hydrogen) atoms. The van der Waals surface area contributed by atoms with Gasteiger partial charge in [-0.15, -0.1) is 0 Å². The number of imidazole rings is 1. The highest BCUT2D eigenvalue weighted by molar-refractivity contribution is 5.86. The van der Waals surface area contributed by atoms with E-state index < -0.39 is 12.1 Å². The topological polar surface area (TPSA) is 116 Å². The van der Waals surface area contributed by atoms with Crippen molar-refractivity contribution in [3.63, 3.8) is 0 Å². The smallest absolute Gasteiger partial charge is 0.408 e. The van der Waals surface area contributed by atoms with Crippen LogP contribution in [0, 0.1) is 11.3 Å². The Balaban J connectivity index is 1.29. The number of aromatic nitrogens is 4. The monoisotopic (exact) mass is 565 g/mol. The lowest BCUT2D eigenvalue weighted by Crippen LogP contribution is -2.36. The van der Waals surface area contributed by atoms with E-state index in [9.17, 15) is 14.7 Å². The molecule has 1 saturated heterocycles. The van der Waals surface area contributed by atoms with Crippen molar-refractivity contribution in [2.75, 3.05) is 18.4 Å². The first kappa shape index (κ1) is 26.4. The number of anilines is 1. The molecule has 10 nitrogen and oxygen atoms in total. The number of carbonyl (C=O) groups is 2. The third-order valence-electron chi connectivity index (χ3n) is 8.60. The van der Waals surface area contributed by atoms with Crippen molar-refractivity contribution in [3.8, 4) is 17.2 Å². The fourth-order valence-corrected chi connectivity index (χ4v) is 6.46. The maximum atomic E-state index is 12.6. The second kappa shape index (κ2) is 9.82. The van der Waals surface area contributed by atoms with E-state index in [2.05, 4.69) is 40.6 Å². The molecular formula is C32H35N7O3. The van der Waals surface area contributed by atoms with Gasteiger partial charge in [0.2, 0.25) is 11.9 Å². The van der Waals surface area contributed by atoms with Crippen LogP contribution in [-0.2, 0) is 11.3 Å². The average molecular weight is 566 g/mol. The van der Waals surface area contributed by atoms with Crippen LogP contribution in [0.1, 0.15) is 57.5 Å². The van der Waals surface area contributed by atoms with Crippen LogP contribution in [0.3, 0.4) is 0 Å². The third kappa shape index (κ3) is 4.64. The van der Waals surface area contributed by atoms with E-state index in [1.807, 2.05) is 48.4 Å². The van der Waals surface area contributed by atoms with Crippen molar-refractivity contribution in [1.29, 1.82) is 0 Å². The van der Waals surface area contributed by atoms with E-state index in [1.165, 1.54) is 4.90 Å². The number of rotatable bonds is 5. The Hall–Kier alpha value is -4.47. The third-order valence-corrected chi connectivity index (χ3v) is 8.60. The van der Waals surface area contributed by atoms with Crippen LogP contribution in [0.4, 0.5) is 10.7 Å². The summed E-state index contributed by atoms with van der Waals surface area (Å²) in [6.45, 7) is 7.73. The van der Waals surface area contributed by atoms with Crippen molar-refractivity contribution < 1.29 is 14.7 Å². The molecule has 0 bridgehead atoms. The minimum absolute atomic E-state index is 0.0733. The minimum Gasteiger partial charge on any atom is -0.465 e. The number of carbonyl (C=O) groups excluding carboxylic acids is 1. The average Bonchev–Trinajstić information content (AvgIpc) is 3.42. The van der Waals surface area contributed by atoms with Gasteiger partial charge in [0.1, 0.15) is 11.6 Å². The molecule has 2 aliphatic heterocycles. The molecule has 2 fully saturated rings. The molecule has 2 atom stereocenters. The molecule has 2 aromatic carbocycles. The molecule has 4 heterocycles. The molecule has 2 aromatic heterocycles. The maximum Gasteiger partial charge on any atom is 0.408 e. The number of amides is 2. The molecule has 2 N–H and O–H groups in total. The van der Waals surface area contributed by atoms with Gasteiger partial charge in [-0.05, 0) is 47.6 Å². The summed E-state index contributed by atoms with van der Waals surface area (Å²) in [6.07, 6.45) is 3.60. The van der Waals surface area contributed by atoms with E-state index in [-0.39, 0.29) is 29.8 Å². The highest BCUT2D eigenvalue weighted by Crippen LogP contribution is 2.46. The summed E-state index contributed by atoms with van der Waals surface area (Å²) in [4.78, 5) is 42.9. The standard InChI is InChI=1S/C32H35N7O3/c1-32(2,3)27-26-24(18-38(27)31(41)42)39(28(36-26)22-11-8-19-6-4-5-7-21(19)16-22)25-12-14-33-30(35-25)34-23-13-15-37(17-23)29(40)20-9-10-20/h4-8,11-12,14,16,20,23,27H,9-10,13,15,17-18H2,1-3H3,(H,41,42)(H,33,34,35). The van der Waals surface area contributed by atoms with Crippen molar-refractivity contribution in [3.05, 3.63) is 66.1 Å². The number of nitrogens with zero attached hydrogens (tertiary/aromatic N) is 6. The van der Waals surface area contributed by atoms with Gasteiger partial charge in [0.25, 0.3) is 0 Å². The Kier molecular flexibility index (Phi) is 6.18. The zero-order valence-electron chi connectivity index (χ0n) is 24.1. The van der Waals surface area contributed by atoms with Gasteiger partial charge >= 0.3 is 6.09 Å². The molecule has 2 amide bonds. The summed E-state index contributed by atoms with van der Waals surface area (Å²) >= 11 is 0. The van der Waals surface area contributed by atoms with Crippen molar-refractivity contribution in [1.82, 2.24) is 29.3 Å². The molecule has 2 unspecified atom stereocenters. The normalized spacial score (nSPS) is 20.3. The number of fused-ring (bicyclic) bond motifs is 2. The van der Waals surface area contributed by atoms with Crippen LogP contribution in [0.5, 0.6) is 0 Å². The highest BCUT2D eigenvalue weighted by atomic mass is 16.4. The van der Waals surface area contributed by atoms with Gasteiger partial charge < -0.3 is 15.3 Å². The fraction of sp³-hybridized carbons (Fsp3) is 0.406. The molecule has 0 spiro atoms. The number of nitrogens with one attached hydrogen (secondary N) is 1. The van der Waals surface area contributed by atoms with E-state index in [0.717, 1.165) is 59.4 Å². The van der Waals surface area contributed by atoms with Crippen LogP contribution in [-0.4, -0.2) is 65.6 Å². The predicted molar refractivity (Wildman–Crippen MR) is 159 cm³/mol. The molecule has 10 heteroatoms. The van der Waals surface area contributed by atoms with Crippen molar-refractivity contribution >= 4 is 28.7 Å². The Morgan fingerprint density at radius 3 is 2.52 bits per heavy atom. The SMILES string of the molecule is CC(C)(C)C1c2nc(-c3ccc4ccccc4c3)n(-c3ccnc(NC4CCN(C(=O)C5CC5)C4)n3)c2CN1C(=O)O.